The van der Waals surface area contributed by atoms with Crippen LogP contribution in [0.3, 0.4) is 0 Å². The summed E-state index contributed by atoms with van der Waals surface area (Å²) < 4.78 is 6.98. The van der Waals surface area contributed by atoms with Crippen LogP contribution in [0.15, 0.2) is 52.4 Å². The average Bonchev–Trinajstić information content (AvgIpc) is 3.38. The Morgan fingerprint density at radius 1 is 0.974 bits per heavy atom. The molecule has 2 aromatic carbocycles. The summed E-state index contributed by atoms with van der Waals surface area (Å²) in [5.74, 6) is -0.501. The maximum atomic E-state index is 12.7. The molecule has 0 amide bonds. The van der Waals surface area contributed by atoms with E-state index in [1.54, 1.807) is 6.33 Å². The summed E-state index contributed by atoms with van der Waals surface area (Å²) in [5, 5.41) is 3.07. The first-order valence-corrected chi connectivity index (χ1v) is 14.0. The predicted molar refractivity (Wildman–Crippen MR) is 153 cm³/mol. The molecule has 0 saturated heterocycles. The molecule has 0 radical (unpaired) electrons. The fourth-order valence-electron chi connectivity index (χ4n) is 4.72. The highest BCUT2D eigenvalue weighted by Crippen LogP contribution is 2.24. The van der Waals surface area contributed by atoms with Crippen LogP contribution in [-0.4, -0.2) is 41.8 Å². The van der Waals surface area contributed by atoms with Crippen molar-refractivity contribution in [3.63, 3.8) is 0 Å². The van der Waals surface area contributed by atoms with Crippen LogP contribution in [0.5, 0.6) is 0 Å². The minimum Gasteiger partial charge on any atom is -0.467 e. The van der Waals surface area contributed by atoms with Gasteiger partial charge in [-0.1, -0.05) is 82.7 Å². The Bertz CT molecular complexity index is 1180. The van der Waals surface area contributed by atoms with Gasteiger partial charge in [0.05, 0.1) is 19.1 Å². The van der Waals surface area contributed by atoms with Crippen LogP contribution in [-0.2, 0) is 22.5 Å². The van der Waals surface area contributed by atoms with Crippen molar-refractivity contribution in [3.8, 4) is 0 Å². The number of esters is 1. The zero-order chi connectivity index (χ0) is 27.3. The molecule has 3 aromatic rings. The van der Waals surface area contributed by atoms with Gasteiger partial charge in [0.1, 0.15) is 17.4 Å². The fourth-order valence-corrected chi connectivity index (χ4v) is 4.72. The van der Waals surface area contributed by atoms with Gasteiger partial charge in [0.25, 0.3) is 10.9 Å². The molecule has 0 spiro atoms. The van der Waals surface area contributed by atoms with Crippen molar-refractivity contribution >= 4 is 17.3 Å². The number of nitrogens with one attached hydrogen (secondary N) is 1. The number of hydrogen-bond donors (Lipinski definition) is 1. The van der Waals surface area contributed by atoms with Gasteiger partial charge in [0.15, 0.2) is 0 Å². The molecule has 8 heteroatoms. The summed E-state index contributed by atoms with van der Waals surface area (Å²) in [4.78, 5) is 44.6. The lowest BCUT2D eigenvalue weighted by Crippen LogP contribution is -2.46. The summed E-state index contributed by atoms with van der Waals surface area (Å²) in [5.41, 5.74) is 1.42. The normalized spacial score (nSPS) is 12.0. The average molecular weight is 523 g/mol. The van der Waals surface area contributed by atoms with Crippen LogP contribution < -0.4 is 21.1 Å². The standard InChI is InChI=1S/C30H42N4O4/c1-4-6-8-13-17-34(18-14-9-7-5-2)27-26(28(35)29(27)36)32-25(30(37)38-3)19-24-21-33(22-31-24)20-23-15-11-10-12-16-23/h10-12,15-16,21-22,25,32H,4-9,13-14,17-20H2,1-3H3. The Hall–Kier alpha value is -3.42. The van der Waals surface area contributed by atoms with Crippen LogP contribution in [0.4, 0.5) is 11.4 Å². The maximum absolute atomic E-state index is 12.7. The topological polar surface area (TPSA) is 93.5 Å². The van der Waals surface area contributed by atoms with Gasteiger partial charge >= 0.3 is 5.97 Å². The summed E-state index contributed by atoms with van der Waals surface area (Å²) in [6.45, 7) is 6.44. The highest BCUT2D eigenvalue weighted by Gasteiger charge is 2.30. The van der Waals surface area contributed by atoms with Gasteiger partial charge in [0, 0.05) is 32.3 Å². The van der Waals surface area contributed by atoms with Crippen molar-refractivity contribution in [1.29, 1.82) is 0 Å². The lowest BCUT2D eigenvalue weighted by molar-refractivity contribution is -0.141. The Labute approximate surface area is 225 Å². The van der Waals surface area contributed by atoms with Gasteiger partial charge in [-0.25, -0.2) is 9.78 Å². The third-order valence-corrected chi connectivity index (χ3v) is 6.88. The van der Waals surface area contributed by atoms with Gasteiger partial charge in [-0.15, -0.1) is 0 Å². The predicted octanol–water partition coefficient (Wildman–Crippen LogP) is 4.69. The molecule has 1 unspecified atom stereocenters. The van der Waals surface area contributed by atoms with Gasteiger partial charge < -0.3 is 19.5 Å². The van der Waals surface area contributed by atoms with E-state index in [9.17, 15) is 14.4 Å². The second-order valence-corrected chi connectivity index (χ2v) is 9.94. The Morgan fingerprint density at radius 2 is 1.63 bits per heavy atom. The van der Waals surface area contributed by atoms with Crippen molar-refractivity contribution in [2.24, 2.45) is 0 Å². The molecule has 0 fully saturated rings. The molecule has 0 bridgehead atoms. The number of hydrogen-bond acceptors (Lipinski definition) is 7. The third kappa shape index (κ3) is 8.04. The van der Waals surface area contributed by atoms with E-state index in [0.29, 0.717) is 17.9 Å². The zero-order valence-electron chi connectivity index (χ0n) is 23.1. The number of anilines is 2. The molecule has 0 aliphatic rings. The lowest BCUT2D eigenvalue weighted by atomic mass is 10.1. The molecule has 1 heterocycles. The summed E-state index contributed by atoms with van der Waals surface area (Å²) in [6, 6.07) is 9.21. The van der Waals surface area contributed by atoms with E-state index in [-0.39, 0.29) is 12.1 Å². The minimum atomic E-state index is -0.829. The highest BCUT2D eigenvalue weighted by molar-refractivity contribution is 5.84. The number of unbranched alkanes of at least 4 members (excludes halogenated alkanes) is 6. The molecule has 206 valence electrons. The van der Waals surface area contributed by atoms with Crippen LogP contribution in [0.2, 0.25) is 0 Å². The van der Waals surface area contributed by atoms with E-state index in [1.165, 1.54) is 7.11 Å². The van der Waals surface area contributed by atoms with E-state index < -0.39 is 22.9 Å². The van der Waals surface area contributed by atoms with Crippen molar-refractivity contribution in [3.05, 3.63) is 74.6 Å². The monoisotopic (exact) mass is 522 g/mol. The highest BCUT2D eigenvalue weighted by atomic mass is 16.5. The SMILES string of the molecule is CCCCCCN(CCCCCC)c1c(NC(Cc2cn(Cc3ccccc3)cn2)C(=O)OC)c(=O)c1=O. The van der Waals surface area contributed by atoms with Crippen LogP contribution in [0, 0.1) is 0 Å². The molecular formula is C30H42N4O4. The lowest BCUT2D eigenvalue weighted by Gasteiger charge is -2.29. The van der Waals surface area contributed by atoms with Gasteiger partial charge in [-0.2, -0.15) is 0 Å². The van der Waals surface area contributed by atoms with E-state index >= 15 is 0 Å². The maximum Gasteiger partial charge on any atom is 0.328 e. The number of methoxy groups -OCH3 is 1. The second kappa shape index (κ2) is 15.1. The second-order valence-electron chi connectivity index (χ2n) is 9.94. The Balaban J connectivity index is 1.75. The molecule has 3 rings (SSSR count). The van der Waals surface area contributed by atoms with Crippen LogP contribution in [0.1, 0.15) is 76.5 Å². The number of ether oxygens (including phenoxy) is 1. The van der Waals surface area contributed by atoms with E-state index in [1.807, 2.05) is 46.0 Å². The molecule has 0 aliphatic heterocycles. The summed E-state index contributed by atoms with van der Waals surface area (Å²) in [7, 11) is 1.32. The van der Waals surface area contributed by atoms with Crippen molar-refractivity contribution in [2.75, 3.05) is 30.4 Å². The van der Waals surface area contributed by atoms with Gasteiger partial charge in [0.2, 0.25) is 0 Å². The van der Waals surface area contributed by atoms with E-state index in [2.05, 4.69) is 24.1 Å². The number of aromatic nitrogens is 2. The van der Waals surface area contributed by atoms with Gasteiger partial charge in [-0.3, -0.25) is 9.59 Å². The van der Waals surface area contributed by atoms with Crippen molar-refractivity contribution < 1.29 is 9.53 Å². The fraction of sp³-hybridized carbons (Fsp3) is 0.533. The number of nitrogens with zero attached hydrogens (tertiary/aromatic N) is 3. The Morgan fingerprint density at radius 3 is 2.24 bits per heavy atom. The number of benzene rings is 1. The first-order chi connectivity index (χ1) is 18.5. The van der Waals surface area contributed by atoms with E-state index in [0.717, 1.165) is 70.0 Å². The molecule has 0 aliphatic carbocycles. The molecule has 0 saturated carbocycles. The van der Waals surface area contributed by atoms with Crippen molar-refractivity contribution in [1.82, 2.24) is 9.55 Å². The molecule has 1 atom stereocenters. The first kappa shape index (κ1) is 29.1. The number of rotatable bonds is 18. The minimum absolute atomic E-state index is 0.222. The number of carbonyl (C=O) groups excluding carboxylic acids is 1. The molecule has 8 nitrogen and oxygen atoms in total. The Kier molecular flexibility index (Phi) is 11.6. The van der Waals surface area contributed by atoms with Crippen LogP contribution in [0.25, 0.3) is 0 Å². The summed E-state index contributed by atoms with van der Waals surface area (Å²) >= 11 is 0. The first-order valence-electron chi connectivity index (χ1n) is 14.0. The third-order valence-electron chi connectivity index (χ3n) is 6.88. The molecule has 38 heavy (non-hydrogen) atoms. The zero-order valence-corrected chi connectivity index (χ0v) is 23.1. The molecular weight excluding hydrogens is 480 g/mol. The largest absolute Gasteiger partial charge is 0.467 e. The number of imidazole rings is 1. The molecule has 1 aromatic heterocycles. The number of carbonyl (C=O) groups is 1. The smallest absolute Gasteiger partial charge is 0.328 e. The van der Waals surface area contributed by atoms with Crippen LogP contribution >= 0.6 is 0 Å². The van der Waals surface area contributed by atoms with E-state index in [4.69, 9.17) is 4.74 Å². The quantitative estimate of drug-likeness (QED) is 0.147. The molecule has 1 N–H and O–H groups in total. The van der Waals surface area contributed by atoms with Crippen molar-refractivity contribution in [2.45, 2.75) is 84.2 Å². The van der Waals surface area contributed by atoms with Gasteiger partial charge in [-0.05, 0) is 18.4 Å². The summed E-state index contributed by atoms with van der Waals surface area (Å²) in [6.07, 6.45) is 12.5.